The maximum atomic E-state index is 12.2. The first-order valence-electron chi connectivity index (χ1n) is 8.82. The Balaban J connectivity index is 1.53. The van der Waals surface area contributed by atoms with E-state index in [9.17, 15) is 9.90 Å². The number of aryl methyl sites for hydroxylation is 2. The number of pyridine rings is 1. The van der Waals surface area contributed by atoms with Gasteiger partial charge in [0.25, 0.3) is 5.56 Å². The molecule has 3 aromatic rings. The summed E-state index contributed by atoms with van der Waals surface area (Å²) in [5, 5.41) is 14.9. The molecule has 27 heavy (non-hydrogen) atoms. The fraction of sp³-hybridized carbons (Fsp3) is 0.286. The lowest BCUT2D eigenvalue weighted by molar-refractivity contribution is 0.106. The Bertz CT molecular complexity index is 1000. The fourth-order valence-corrected chi connectivity index (χ4v) is 2.95. The van der Waals surface area contributed by atoms with Gasteiger partial charge in [0, 0.05) is 29.2 Å². The topological polar surface area (TPSA) is 74.4 Å². The van der Waals surface area contributed by atoms with Crippen LogP contribution < -0.4 is 15.6 Å². The van der Waals surface area contributed by atoms with E-state index in [1.807, 2.05) is 44.2 Å². The molecule has 0 aliphatic carbocycles. The average molecular weight is 387 g/mol. The Labute approximate surface area is 163 Å². The maximum Gasteiger partial charge on any atom is 0.252 e. The molecule has 142 valence electrons. The zero-order valence-corrected chi connectivity index (χ0v) is 16.1. The monoisotopic (exact) mass is 386 g/mol. The van der Waals surface area contributed by atoms with Crippen LogP contribution in [-0.2, 0) is 6.54 Å². The molecule has 3 N–H and O–H groups in total. The maximum absolute atomic E-state index is 12.2. The van der Waals surface area contributed by atoms with Crippen LogP contribution in [0.1, 0.15) is 16.7 Å². The summed E-state index contributed by atoms with van der Waals surface area (Å²) in [7, 11) is 0. The molecule has 1 atom stereocenters. The Morgan fingerprint density at radius 2 is 2.00 bits per heavy atom. The first kappa shape index (κ1) is 19.4. The molecule has 0 aliphatic heterocycles. The standard InChI is InChI=1S/C21H23ClN2O3/c1-13-3-6-20-15(7-13)9-16(21(26)24-20)10-23-11-17(25)12-27-18-4-5-19(22)14(2)8-18/h3-9,17,23,25H,10-12H2,1-2H3,(H,24,26)/t17-/m1/s1. The van der Waals surface area contributed by atoms with Gasteiger partial charge < -0.3 is 20.1 Å². The molecule has 0 bridgehead atoms. The third-order valence-electron chi connectivity index (χ3n) is 4.34. The minimum absolute atomic E-state index is 0.124. The van der Waals surface area contributed by atoms with E-state index in [-0.39, 0.29) is 12.2 Å². The van der Waals surface area contributed by atoms with Crippen LogP contribution in [0.5, 0.6) is 5.75 Å². The molecule has 0 radical (unpaired) electrons. The molecule has 0 saturated carbocycles. The van der Waals surface area contributed by atoms with Gasteiger partial charge in [-0.1, -0.05) is 23.2 Å². The van der Waals surface area contributed by atoms with Crippen LogP contribution in [0.2, 0.25) is 5.02 Å². The van der Waals surface area contributed by atoms with Crippen molar-refractivity contribution in [1.29, 1.82) is 0 Å². The van der Waals surface area contributed by atoms with Gasteiger partial charge in [0.2, 0.25) is 0 Å². The molecular formula is C21H23ClN2O3. The molecule has 0 spiro atoms. The van der Waals surface area contributed by atoms with E-state index in [1.165, 1.54) is 0 Å². The minimum Gasteiger partial charge on any atom is -0.491 e. The molecule has 0 aliphatic rings. The number of halogens is 1. The quantitative estimate of drug-likeness (QED) is 0.582. The van der Waals surface area contributed by atoms with Gasteiger partial charge in [-0.2, -0.15) is 0 Å². The second-order valence-electron chi connectivity index (χ2n) is 6.72. The van der Waals surface area contributed by atoms with Crippen LogP contribution in [-0.4, -0.2) is 29.3 Å². The van der Waals surface area contributed by atoms with E-state index in [1.54, 1.807) is 12.1 Å². The van der Waals surface area contributed by atoms with Crippen molar-refractivity contribution in [1.82, 2.24) is 10.3 Å². The van der Waals surface area contributed by atoms with Gasteiger partial charge in [0.1, 0.15) is 18.5 Å². The molecule has 0 unspecified atom stereocenters. The smallest absolute Gasteiger partial charge is 0.252 e. The normalized spacial score (nSPS) is 12.3. The number of aliphatic hydroxyl groups excluding tert-OH is 1. The van der Waals surface area contributed by atoms with Crippen molar-refractivity contribution in [3.63, 3.8) is 0 Å². The number of hydrogen-bond acceptors (Lipinski definition) is 4. The summed E-state index contributed by atoms with van der Waals surface area (Å²) in [5.41, 5.74) is 3.39. The van der Waals surface area contributed by atoms with E-state index in [0.717, 1.165) is 22.0 Å². The number of benzene rings is 2. The Kier molecular flexibility index (Phi) is 6.16. The fourth-order valence-electron chi connectivity index (χ4n) is 2.83. The van der Waals surface area contributed by atoms with E-state index < -0.39 is 6.10 Å². The first-order valence-corrected chi connectivity index (χ1v) is 9.20. The Morgan fingerprint density at radius 1 is 1.19 bits per heavy atom. The lowest BCUT2D eigenvalue weighted by Crippen LogP contribution is -2.32. The number of fused-ring (bicyclic) bond motifs is 1. The molecular weight excluding hydrogens is 364 g/mol. The number of aromatic amines is 1. The molecule has 6 heteroatoms. The van der Waals surface area contributed by atoms with Gasteiger partial charge in [-0.25, -0.2) is 0 Å². The molecule has 2 aromatic carbocycles. The second-order valence-corrected chi connectivity index (χ2v) is 7.13. The van der Waals surface area contributed by atoms with Gasteiger partial charge in [-0.05, 0) is 61.2 Å². The number of ether oxygens (including phenoxy) is 1. The SMILES string of the molecule is Cc1ccc2[nH]c(=O)c(CNC[C@@H](O)COc3ccc(Cl)c(C)c3)cc2c1. The number of H-pyrrole nitrogens is 1. The molecule has 1 aromatic heterocycles. The van der Waals surface area contributed by atoms with Crippen LogP contribution in [0.3, 0.4) is 0 Å². The summed E-state index contributed by atoms with van der Waals surface area (Å²) < 4.78 is 5.58. The van der Waals surface area contributed by atoms with Crippen molar-refractivity contribution in [2.24, 2.45) is 0 Å². The van der Waals surface area contributed by atoms with Crippen LogP contribution in [0.25, 0.3) is 10.9 Å². The van der Waals surface area contributed by atoms with Gasteiger partial charge in [-0.15, -0.1) is 0 Å². The predicted molar refractivity (Wildman–Crippen MR) is 109 cm³/mol. The number of rotatable bonds is 7. The second kappa shape index (κ2) is 8.57. The summed E-state index contributed by atoms with van der Waals surface area (Å²) in [6.45, 7) is 4.76. The van der Waals surface area contributed by atoms with Crippen LogP contribution in [0.15, 0.2) is 47.3 Å². The number of hydrogen-bond donors (Lipinski definition) is 3. The zero-order valence-electron chi connectivity index (χ0n) is 15.4. The summed E-state index contributed by atoms with van der Waals surface area (Å²) in [5.74, 6) is 0.664. The van der Waals surface area contributed by atoms with Crippen molar-refractivity contribution in [2.75, 3.05) is 13.2 Å². The predicted octanol–water partition coefficient (Wildman–Crippen LogP) is 3.33. The minimum atomic E-state index is -0.692. The van der Waals surface area contributed by atoms with Crippen LogP contribution in [0, 0.1) is 13.8 Å². The van der Waals surface area contributed by atoms with Crippen LogP contribution >= 0.6 is 11.6 Å². The molecule has 0 amide bonds. The first-order chi connectivity index (χ1) is 12.9. The molecule has 0 saturated heterocycles. The Hall–Kier alpha value is -2.34. The molecule has 5 nitrogen and oxygen atoms in total. The van der Waals surface area contributed by atoms with Crippen molar-refractivity contribution >= 4 is 22.5 Å². The van der Waals surface area contributed by atoms with E-state index in [4.69, 9.17) is 16.3 Å². The van der Waals surface area contributed by atoms with Crippen molar-refractivity contribution in [3.8, 4) is 5.75 Å². The molecule has 3 rings (SSSR count). The number of nitrogens with one attached hydrogen (secondary N) is 2. The van der Waals surface area contributed by atoms with E-state index in [2.05, 4.69) is 10.3 Å². The van der Waals surface area contributed by atoms with Crippen molar-refractivity contribution < 1.29 is 9.84 Å². The third kappa shape index (κ3) is 5.10. The number of aromatic nitrogens is 1. The van der Waals surface area contributed by atoms with Crippen LogP contribution in [0.4, 0.5) is 0 Å². The highest BCUT2D eigenvalue weighted by molar-refractivity contribution is 6.31. The van der Waals surface area contributed by atoms with Gasteiger partial charge >= 0.3 is 0 Å². The van der Waals surface area contributed by atoms with E-state index >= 15 is 0 Å². The number of aliphatic hydroxyl groups is 1. The lowest BCUT2D eigenvalue weighted by atomic mass is 10.1. The zero-order chi connectivity index (χ0) is 19.4. The Morgan fingerprint density at radius 3 is 2.78 bits per heavy atom. The summed E-state index contributed by atoms with van der Waals surface area (Å²) in [6.07, 6.45) is -0.692. The van der Waals surface area contributed by atoms with Gasteiger partial charge in [0.05, 0.1) is 0 Å². The summed E-state index contributed by atoms with van der Waals surface area (Å²) in [6, 6.07) is 13.2. The summed E-state index contributed by atoms with van der Waals surface area (Å²) >= 11 is 5.98. The van der Waals surface area contributed by atoms with Crippen molar-refractivity contribution in [2.45, 2.75) is 26.5 Å². The van der Waals surface area contributed by atoms with Crippen molar-refractivity contribution in [3.05, 3.63) is 74.5 Å². The van der Waals surface area contributed by atoms with Gasteiger partial charge in [-0.3, -0.25) is 4.79 Å². The highest BCUT2D eigenvalue weighted by Crippen LogP contribution is 2.21. The average Bonchev–Trinajstić information content (AvgIpc) is 2.63. The van der Waals surface area contributed by atoms with E-state index in [0.29, 0.717) is 29.4 Å². The summed E-state index contributed by atoms with van der Waals surface area (Å²) in [4.78, 5) is 15.1. The largest absolute Gasteiger partial charge is 0.491 e. The molecule has 0 fully saturated rings. The highest BCUT2D eigenvalue weighted by Gasteiger charge is 2.08. The highest BCUT2D eigenvalue weighted by atomic mass is 35.5. The van der Waals surface area contributed by atoms with Gasteiger partial charge in [0.15, 0.2) is 0 Å². The third-order valence-corrected chi connectivity index (χ3v) is 4.77. The molecule has 1 heterocycles. The lowest BCUT2D eigenvalue weighted by Gasteiger charge is -2.14.